The highest BCUT2D eigenvalue weighted by atomic mass is 16.3. The molecule has 3 rings (SSSR count). The molecule has 0 radical (unpaired) electrons. The van der Waals surface area contributed by atoms with E-state index < -0.39 is 0 Å². The van der Waals surface area contributed by atoms with Crippen LogP contribution in [0.5, 0.6) is 0 Å². The molecular formula is C21H26N4O2. The lowest BCUT2D eigenvalue weighted by Gasteiger charge is -2.30. The van der Waals surface area contributed by atoms with Gasteiger partial charge in [-0.15, -0.1) is 0 Å². The summed E-state index contributed by atoms with van der Waals surface area (Å²) in [6.45, 7) is 1.90. The van der Waals surface area contributed by atoms with Gasteiger partial charge in [0.1, 0.15) is 0 Å². The zero-order valence-electron chi connectivity index (χ0n) is 15.6. The molecule has 0 fully saturated rings. The summed E-state index contributed by atoms with van der Waals surface area (Å²) in [7, 11) is 1.93. The number of amides is 1. The second kappa shape index (κ2) is 9.19. The molecule has 0 atom stereocenters. The molecule has 1 heterocycles. The van der Waals surface area contributed by atoms with Crippen LogP contribution in [0.4, 0.5) is 11.4 Å². The van der Waals surface area contributed by atoms with Crippen molar-refractivity contribution >= 4 is 23.5 Å². The second-order valence-corrected chi connectivity index (χ2v) is 6.68. The summed E-state index contributed by atoms with van der Waals surface area (Å²) in [5.41, 5.74) is 6.98. The van der Waals surface area contributed by atoms with Gasteiger partial charge in [-0.1, -0.05) is 30.3 Å². The van der Waals surface area contributed by atoms with E-state index in [0.717, 1.165) is 36.3 Å². The SMILES string of the molecule is CN(CCO)c1ccc(/C=N/NC(=O)CN2CCCc3ccccc32)cc1. The minimum absolute atomic E-state index is 0.118. The van der Waals surface area contributed by atoms with Gasteiger partial charge in [0.2, 0.25) is 0 Å². The van der Waals surface area contributed by atoms with Gasteiger partial charge < -0.3 is 14.9 Å². The van der Waals surface area contributed by atoms with E-state index in [1.54, 1.807) is 6.21 Å². The van der Waals surface area contributed by atoms with Gasteiger partial charge in [-0.2, -0.15) is 5.10 Å². The molecule has 2 aromatic carbocycles. The molecular weight excluding hydrogens is 340 g/mol. The zero-order valence-corrected chi connectivity index (χ0v) is 15.6. The first kappa shape index (κ1) is 18.9. The Hall–Kier alpha value is -2.86. The normalized spacial score (nSPS) is 13.5. The maximum Gasteiger partial charge on any atom is 0.259 e. The molecule has 1 aliphatic heterocycles. The van der Waals surface area contributed by atoms with E-state index in [2.05, 4.69) is 27.6 Å². The van der Waals surface area contributed by atoms with Crippen molar-refractivity contribution in [2.45, 2.75) is 12.8 Å². The number of nitrogens with zero attached hydrogens (tertiary/aromatic N) is 3. The van der Waals surface area contributed by atoms with Crippen LogP contribution in [0, 0.1) is 0 Å². The lowest BCUT2D eigenvalue weighted by molar-refractivity contribution is -0.119. The Morgan fingerprint density at radius 1 is 1.26 bits per heavy atom. The molecule has 6 nitrogen and oxygen atoms in total. The van der Waals surface area contributed by atoms with Crippen LogP contribution in [0.2, 0.25) is 0 Å². The molecule has 0 bridgehead atoms. The van der Waals surface area contributed by atoms with E-state index >= 15 is 0 Å². The standard InChI is InChI=1S/C21H26N4O2/c1-24(13-14-26)19-10-8-17(9-11-19)15-22-23-21(27)16-25-12-4-6-18-5-2-3-7-20(18)25/h2-3,5,7-11,15,26H,4,6,12-14,16H2,1H3,(H,23,27)/b22-15+. The van der Waals surface area contributed by atoms with Crippen LogP contribution in [0.3, 0.4) is 0 Å². The van der Waals surface area contributed by atoms with E-state index in [-0.39, 0.29) is 12.5 Å². The lowest BCUT2D eigenvalue weighted by Crippen LogP contribution is -2.38. The van der Waals surface area contributed by atoms with E-state index in [9.17, 15) is 4.79 Å². The number of aryl methyl sites for hydroxylation is 1. The fourth-order valence-electron chi connectivity index (χ4n) is 3.26. The number of fused-ring (bicyclic) bond motifs is 1. The van der Waals surface area contributed by atoms with Crippen LogP contribution in [-0.2, 0) is 11.2 Å². The molecule has 0 saturated carbocycles. The van der Waals surface area contributed by atoms with Crippen molar-refractivity contribution in [2.24, 2.45) is 5.10 Å². The Morgan fingerprint density at radius 2 is 2.04 bits per heavy atom. The molecule has 2 N–H and O–H groups in total. The number of aliphatic hydroxyl groups excluding tert-OH is 1. The quantitative estimate of drug-likeness (QED) is 0.581. The number of benzene rings is 2. The zero-order chi connectivity index (χ0) is 19.1. The van der Waals surface area contributed by atoms with Crippen molar-refractivity contribution in [3.63, 3.8) is 0 Å². The highest BCUT2D eigenvalue weighted by Gasteiger charge is 2.18. The van der Waals surface area contributed by atoms with E-state index in [1.165, 1.54) is 5.56 Å². The first-order valence-corrected chi connectivity index (χ1v) is 9.24. The van der Waals surface area contributed by atoms with Crippen molar-refractivity contribution in [1.29, 1.82) is 0 Å². The third-order valence-electron chi connectivity index (χ3n) is 4.71. The van der Waals surface area contributed by atoms with Crippen LogP contribution in [0.25, 0.3) is 0 Å². The van der Waals surface area contributed by atoms with Gasteiger partial charge in [-0.05, 0) is 42.2 Å². The van der Waals surface area contributed by atoms with E-state index in [4.69, 9.17) is 5.11 Å². The summed E-state index contributed by atoms with van der Waals surface area (Å²) in [4.78, 5) is 16.3. The first-order valence-electron chi connectivity index (χ1n) is 9.24. The van der Waals surface area contributed by atoms with Gasteiger partial charge in [0.15, 0.2) is 0 Å². The number of aliphatic hydroxyl groups is 1. The Labute approximate surface area is 160 Å². The van der Waals surface area contributed by atoms with Crippen LogP contribution < -0.4 is 15.2 Å². The van der Waals surface area contributed by atoms with Gasteiger partial charge in [0.25, 0.3) is 5.91 Å². The molecule has 1 amide bonds. The van der Waals surface area contributed by atoms with Crippen molar-refractivity contribution in [2.75, 3.05) is 43.1 Å². The molecule has 27 heavy (non-hydrogen) atoms. The number of para-hydroxylation sites is 1. The summed E-state index contributed by atoms with van der Waals surface area (Å²) >= 11 is 0. The van der Waals surface area contributed by atoms with Crippen LogP contribution in [0.15, 0.2) is 53.6 Å². The van der Waals surface area contributed by atoms with Crippen LogP contribution in [-0.4, -0.2) is 50.5 Å². The second-order valence-electron chi connectivity index (χ2n) is 6.68. The van der Waals surface area contributed by atoms with Gasteiger partial charge in [0.05, 0.1) is 19.4 Å². The minimum Gasteiger partial charge on any atom is -0.395 e. The summed E-state index contributed by atoms with van der Waals surface area (Å²) in [5, 5.41) is 13.1. The number of likely N-dealkylation sites (N-methyl/N-ethyl adjacent to an activating group) is 1. The van der Waals surface area contributed by atoms with Crippen LogP contribution >= 0.6 is 0 Å². The number of hydrogen-bond donors (Lipinski definition) is 2. The monoisotopic (exact) mass is 366 g/mol. The fourth-order valence-corrected chi connectivity index (χ4v) is 3.26. The highest BCUT2D eigenvalue weighted by Crippen LogP contribution is 2.26. The average Bonchev–Trinajstić information content (AvgIpc) is 2.69. The maximum atomic E-state index is 12.2. The summed E-state index contributed by atoms with van der Waals surface area (Å²) < 4.78 is 0. The smallest absolute Gasteiger partial charge is 0.259 e. The Bertz CT molecular complexity index is 789. The molecule has 0 aromatic heterocycles. The Balaban J connectivity index is 1.52. The molecule has 0 spiro atoms. The predicted octanol–water partition coefficient (Wildman–Crippen LogP) is 2.02. The van der Waals surface area contributed by atoms with Gasteiger partial charge in [-0.3, -0.25) is 4.79 Å². The lowest BCUT2D eigenvalue weighted by atomic mass is 10.0. The number of hydrogen-bond acceptors (Lipinski definition) is 5. The van der Waals surface area contributed by atoms with Crippen LogP contribution in [0.1, 0.15) is 17.5 Å². The molecule has 6 heteroatoms. The predicted molar refractivity (Wildman–Crippen MR) is 110 cm³/mol. The van der Waals surface area contributed by atoms with Crippen molar-refractivity contribution in [3.05, 3.63) is 59.7 Å². The molecule has 0 saturated heterocycles. The van der Waals surface area contributed by atoms with E-state index in [0.29, 0.717) is 13.1 Å². The molecule has 0 aliphatic carbocycles. The molecule has 1 aliphatic rings. The average molecular weight is 366 g/mol. The van der Waals surface area contributed by atoms with Gasteiger partial charge in [-0.25, -0.2) is 5.43 Å². The summed E-state index contributed by atoms with van der Waals surface area (Å²) in [5.74, 6) is -0.123. The molecule has 142 valence electrons. The fraction of sp³-hybridized carbons (Fsp3) is 0.333. The molecule has 0 unspecified atom stereocenters. The number of carbonyl (C=O) groups is 1. The number of hydrazone groups is 1. The minimum atomic E-state index is -0.123. The van der Waals surface area contributed by atoms with E-state index in [1.807, 2.05) is 48.3 Å². The Morgan fingerprint density at radius 3 is 2.81 bits per heavy atom. The number of nitrogens with one attached hydrogen (secondary N) is 1. The largest absolute Gasteiger partial charge is 0.395 e. The third kappa shape index (κ3) is 5.08. The van der Waals surface area contributed by atoms with Crippen molar-refractivity contribution in [3.8, 4) is 0 Å². The third-order valence-corrected chi connectivity index (χ3v) is 4.71. The number of carbonyl (C=O) groups excluding carboxylic acids is 1. The van der Waals surface area contributed by atoms with Gasteiger partial charge >= 0.3 is 0 Å². The van der Waals surface area contributed by atoms with Crippen molar-refractivity contribution < 1.29 is 9.90 Å². The number of rotatable bonds is 7. The highest BCUT2D eigenvalue weighted by molar-refractivity contribution is 5.85. The number of anilines is 2. The summed E-state index contributed by atoms with van der Waals surface area (Å²) in [6.07, 6.45) is 3.76. The summed E-state index contributed by atoms with van der Waals surface area (Å²) in [6, 6.07) is 16.0. The van der Waals surface area contributed by atoms with Crippen molar-refractivity contribution in [1.82, 2.24) is 5.43 Å². The van der Waals surface area contributed by atoms with Gasteiger partial charge in [0, 0.05) is 31.5 Å². The topological polar surface area (TPSA) is 68.2 Å². The first-order chi connectivity index (χ1) is 13.2. The molecule has 2 aromatic rings. The Kier molecular flexibility index (Phi) is 6.44. The maximum absolute atomic E-state index is 12.2.